The first-order chi connectivity index (χ1) is 13.2. The van der Waals surface area contributed by atoms with Crippen LogP contribution in [0.4, 0.5) is 0 Å². The van der Waals surface area contributed by atoms with Gasteiger partial charge in [-0.3, -0.25) is 0 Å². The predicted molar refractivity (Wildman–Crippen MR) is 111 cm³/mol. The SMILES string of the molecule is CCOC(=O)/C(=C/C1=CC=CC2=CC=CC=C1C2)N=Cc1ccc(Cl)cc1. The van der Waals surface area contributed by atoms with Gasteiger partial charge in [0.2, 0.25) is 0 Å². The molecule has 27 heavy (non-hydrogen) atoms. The van der Waals surface area contributed by atoms with Crippen molar-refractivity contribution in [2.24, 2.45) is 4.99 Å². The van der Waals surface area contributed by atoms with Gasteiger partial charge in [0.15, 0.2) is 0 Å². The monoisotopic (exact) mass is 377 g/mol. The summed E-state index contributed by atoms with van der Waals surface area (Å²) in [5.41, 5.74) is 4.40. The Kier molecular flexibility index (Phi) is 6.39. The number of hydrogen-bond acceptors (Lipinski definition) is 3. The zero-order valence-corrected chi connectivity index (χ0v) is 15.8. The number of fused-ring (bicyclic) bond motifs is 2. The lowest BCUT2D eigenvalue weighted by Gasteiger charge is -2.08. The van der Waals surface area contributed by atoms with E-state index >= 15 is 0 Å². The van der Waals surface area contributed by atoms with Crippen LogP contribution in [0, 0.1) is 0 Å². The van der Waals surface area contributed by atoms with Crippen molar-refractivity contribution in [3.05, 3.63) is 106 Å². The highest BCUT2D eigenvalue weighted by atomic mass is 35.5. The molecule has 3 rings (SSSR count). The molecule has 136 valence electrons. The largest absolute Gasteiger partial charge is 0.461 e. The van der Waals surface area contributed by atoms with Crippen molar-refractivity contribution in [3.8, 4) is 0 Å². The van der Waals surface area contributed by atoms with Crippen molar-refractivity contribution < 1.29 is 9.53 Å². The molecular formula is C23H20ClNO2. The Morgan fingerprint density at radius 2 is 1.93 bits per heavy atom. The lowest BCUT2D eigenvalue weighted by molar-refractivity contribution is -0.138. The van der Waals surface area contributed by atoms with Crippen LogP contribution in [0.5, 0.6) is 0 Å². The first-order valence-electron chi connectivity index (χ1n) is 8.79. The molecule has 0 saturated heterocycles. The molecule has 2 bridgehead atoms. The molecule has 3 nitrogen and oxygen atoms in total. The van der Waals surface area contributed by atoms with E-state index < -0.39 is 5.97 Å². The number of rotatable bonds is 5. The van der Waals surface area contributed by atoms with Gasteiger partial charge in [0.1, 0.15) is 5.70 Å². The van der Waals surface area contributed by atoms with Crippen LogP contribution in [-0.2, 0) is 9.53 Å². The summed E-state index contributed by atoms with van der Waals surface area (Å²) in [5, 5.41) is 0.654. The normalized spacial score (nSPS) is 16.4. The number of nitrogens with zero attached hydrogens (tertiary/aromatic N) is 1. The number of halogens is 1. The second kappa shape index (κ2) is 9.15. The van der Waals surface area contributed by atoms with Crippen LogP contribution in [0.15, 0.2) is 100 Å². The van der Waals surface area contributed by atoms with E-state index in [0.29, 0.717) is 11.6 Å². The van der Waals surface area contributed by atoms with Gasteiger partial charge in [-0.1, -0.05) is 66.3 Å². The molecular weight excluding hydrogens is 358 g/mol. The molecule has 1 aromatic carbocycles. The van der Waals surface area contributed by atoms with E-state index in [-0.39, 0.29) is 5.70 Å². The fraction of sp³-hybridized carbons (Fsp3) is 0.130. The lowest BCUT2D eigenvalue weighted by atomic mass is 9.99. The van der Waals surface area contributed by atoms with Crippen LogP contribution in [-0.4, -0.2) is 18.8 Å². The van der Waals surface area contributed by atoms with Gasteiger partial charge in [-0.15, -0.1) is 0 Å². The molecule has 0 unspecified atom stereocenters. The van der Waals surface area contributed by atoms with E-state index in [0.717, 1.165) is 23.1 Å². The molecule has 1 aromatic rings. The van der Waals surface area contributed by atoms with Gasteiger partial charge in [-0.25, -0.2) is 9.79 Å². The third-order valence-corrected chi connectivity index (χ3v) is 4.32. The van der Waals surface area contributed by atoms with Crippen molar-refractivity contribution in [2.75, 3.05) is 6.61 Å². The van der Waals surface area contributed by atoms with Crippen molar-refractivity contribution in [1.82, 2.24) is 0 Å². The third-order valence-electron chi connectivity index (χ3n) is 4.07. The van der Waals surface area contributed by atoms with Crippen molar-refractivity contribution in [1.29, 1.82) is 0 Å². The fourth-order valence-corrected chi connectivity index (χ4v) is 2.84. The van der Waals surface area contributed by atoms with E-state index in [1.807, 2.05) is 36.4 Å². The topological polar surface area (TPSA) is 38.7 Å². The Balaban J connectivity index is 1.93. The Bertz CT molecular complexity index is 926. The van der Waals surface area contributed by atoms with Crippen molar-refractivity contribution >= 4 is 23.8 Å². The van der Waals surface area contributed by atoms with Gasteiger partial charge < -0.3 is 4.74 Å². The summed E-state index contributed by atoms with van der Waals surface area (Å²) >= 11 is 5.91. The maximum atomic E-state index is 12.4. The Hall–Kier alpha value is -2.91. The molecule has 0 N–H and O–H groups in total. The molecule has 0 aliphatic heterocycles. The average molecular weight is 378 g/mol. The molecule has 0 radical (unpaired) electrons. The number of benzene rings is 1. The van der Waals surface area contributed by atoms with Crippen LogP contribution in [0.25, 0.3) is 0 Å². The second-order valence-electron chi connectivity index (χ2n) is 6.04. The molecule has 0 fully saturated rings. The molecule has 2 aliphatic rings. The van der Waals surface area contributed by atoms with Gasteiger partial charge in [0.05, 0.1) is 6.61 Å². The minimum atomic E-state index is -0.447. The van der Waals surface area contributed by atoms with E-state index in [9.17, 15) is 4.79 Å². The van der Waals surface area contributed by atoms with Crippen LogP contribution in [0.1, 0.15) is 18.9 Å². The summed E-state index contributed by atoms with van der Waals surface area (Å²) in [4.78, 5) is 16.8. The van der Waals surface area contributed by atoms with Crippen LogP contribution >= 0.6 is 11.6 Å². The van der Waals surface area contributed by atoms with E-state index in [1.165, 1.54) is 5.57 Å². The lowest BCUT2D eigenvalue weighted by Crippen LogP contribution is -2.07. The zero-order valence-electron chi connectivity index (χ0n) is 15.1. The summed E-state index contributed by atoms with van der Waals surface area (Å²) in [6, 6.07) is 7.26. The molecule has 2 aliphatic carbocycles. The summed E-state index contributed by atoms with van der Waals surface area (Å²) in [7, 11) is 0. The highest BCUT2D eigenvalue weighted by Gasteiger charge is 2.14. The minimum Gasteiger partial charge on any atom is -0.461 e. The van der Waals surface area contributed by atoms with E-state index in [1.54, 1.807) is 31.3 Å². The van der Waals surface area contributed by atoms with Gasteiger partial charge in [-0.2, -0.15) is 0 Å². The molecule has 0 amide bonds. The first kappa shape index (κ1) is 18.9. The van der Waals surface area contributed by atoms with Crippen molar-refractivity contribution in [3.63, 3.8) is 0 Å². The maximum Gasteiger partial charge on any atom is 0.356 e. The number of carbonyl (C=O) groups is 1. The van der Waals surface area contributed by atoms with Gasteiger partial charge in [0.25, 0.3) is 0 Å². The number of allylic oxidation sites excluding steroid dienone is 11. The number of esters is 1. The Morgan fingerprint density at radius 3 is 2.70 bits per heavy atom. The first-order valence-corrected chi connectivity index (χ1v) is 9.17. The third kappa shape index (κ3) is 5.28. The van der Waals surface area contributed by atoms with E-state index in [2.05, 4.69) is 23.2 Å². The van der Waals surface area contributed by atoms with Crippen LogP contribution in [0.2, 0.25) is 5.02 Å². The maximum absolute atomic E-state index is 12.4. The fourth-order valence-electron chi connectivity index (χ4n) is 2.72. The van der Waals surface area contributed by atoms with Gasteiger partial charge in [0, 0.05) is 11.2 Å². The van der Waals surface area contributed by atoms with Crippen molar-refractivity contribution in [2.45, 2.75) is 13.3 Å². The minimum absolute atomic E-state index is 0.257. The summed E-state index contributed by atoms with van der Waals surface area (Å²) in [6.45, 7) is 2.08. The summed E-state index contributed by atoms with van der Waals surface area (Å²) in [5.74, 6) is -0.447. The highest BCUT2D eigenvalue weighted by Crippen LogP contribution is 2.27. The average Bonchev–Trinajstić information content (AvgIpc) is 3.01. The second-order valence-corrected chi connectivity index (χ2v) is 6.47. The number of hydrogen-bond donors (Lipinski definition) is 0. The zero-order chi connectivity index (χ0) is 19.1. The molecule has 0 spiro atoms. The Morgan fingerprint density at radius 1 is 1.15 bits per heavy atom. The molecule has 0 saturated carbocycles. The number of ether oxygens (including phenoxy) is 1. The van der Waals surface area contributed by atoms with Crippen LogP contribution < -0.4 is 0 Å². The summed E-state index contributed by atoms with van der Waals surface area (Å²) < 4.78 is 5.18. The standard InChI is InChI=1S/C23H20ClNO2/c1-2-27-23(26)22(25-16-18-10-12-21(24)13-11-18)15-20-9-5-7-17-6-3-4-8-19(20)14-17/h3-13,15-16H,2,14H2,1H3/b22-15-,25-16?. The molecule has 0 aromatic heterocycles. The number of aliphatic imine (C=N–C) groups is 1. The summed E-state index contributed by atoms with van der Waals surface area (Å²) in [6.07, 6.45) is 18.5. The number of carbonyl (C=O) groups excluding carboxylic acids is 1. The van der Waals surface area contributed by atoms with E-state index in [4.69, 9.17) is 16.3 Å². The molecule has 0 heterocycles. The smallest absolute Gasteiger partial charge is 0.356 e. The highest BCUT2D eigenvalue weighted by molar-refractivity contribution is 6.30. The van der Waals surface area contributed by atoms with Gasteiger partial charge >= 0.3 is 5.97 Å². The van der Waals surface area contributed by atoms with Crippen LogP contribution in [0.3, 0.4) is 0 Å². The van der Waals surface area contributed by atoms with Gasteiger partial charge in [-0.05, 0) is 53.8 Å². The molecule has 4 heteroatoms. The molecule has 0 atom stereocenters. The predicted octanol–water partition coefficient (Wildman–Crippen LogP) is 5.51. The quantitative estimate of drug-likeness (QED) is 0.385. The Labute approximate surface area is 164 Å².